The van der Waals surface area contributed by atoms with Crippen LogP contribution in [0.25, 0.3) is 0 Å². The van der Waals surface area contributed by atoms with E-state index in [1.807, 2.05) is 0 Å². The minimum Gasteiger partial charge on any atom is -0.0907 e. The lowest BCUT2D eigenvalue weighted by Gasteiger charge is -2.11. The Bertz CT molecular complexity index is 320. The highest BCUT2D eigenvalue weighted by Gasteiger charge is 2.05. The van der Waals surface area contributed by atoms with E-state index in [0.717, 1.165) is 0 Å². The van der Waals surface area contributed by atoms with E-state index >= 15 is 0 Å². The fourth-order valence-corrected chi connectivity index (χ4v) is 1.65. The fourth-order valence-electron chi connectivity index (χ4n) is 1.65. The van der Waals surface area contributed by atoms with Crippen molar-refractivity contribution < 1.29 is 0 Å². The van der Waals surface area contributed by atoms with E-state index in [2.05, 4.69) is 69.3 Å². The molecule has 0 saturated heterocycles. The van der Waals surface area contributed by atoms with Gasteiger partial charge in [0, 0.05) is 5.92 Å². The minimum absolute atomic E-state index is 0.422. The molecule has 0 radical (unpaired) electrons. The molecule has 0 heteroatoms. The van der Waals surface area contributed by atoms with E-state index in [0.29, 0.717) is 5.92 Å². The predicted octanol–water partition coefficient (Wildman–Crippen LogP) is 4.23. The number of rotatable bonds is 3. The molecule has 0 atom stereocenters. The molecule has 0 spiro atoms. The predicted molar refractivity (Wildman–Crippen MR) is 63.5 cm³/mol. The maximum atomic E-state index is 2.22. The third-order valence-electron chi connectivity index (χ3n) is 2.35. The average molecular weight is 186 g/mol. The van der Waals surface area contributed by atoms with Crippen molar-refractivity contribution in [1.82, 2.24) is 0 Å². The van der Waals surface area contributed by atoms with Gasteiger partial charge in [-0.15, -0.1) is 0 Å². The van der Waals surface area contributed by atoms with Crippen LogP contribution in [0.3, 0.4) is 0 Å². The van der Waals surface area contributed by atoms with Crippen molar-refractivity contribution in [2.75, 3.05) is 0 Å². The zero-order valence-electron chi connectivity index (χ0n) is 9.20. The Hall–Kier alpha value is -1.30. The van der Waals surface area contributed by atoms with Crippen LogP contribution < -0.4 is 0 Å². The Morgan fingerprint density at radius 2 is 1.57 bits per heavy atom. The number of hydrogen-bond acceptors (Lipinski definition) is 0. The fraction of sp³-hybridized carbons (Fsp3) is 0.286. The summed E-state index contributed by atoms with van der Waals surface area (Å²) < 4.78 is 0. The van der Waals surface area contributed by atoms with Crippen LogP contribution in [0.15, 0.2) is 48.6 Å². The zero-order chi connectivity index (χ0) is 10.4. The van der Waals surface area contributed by atoms with Gasteiger partial charge in [0.15, 0.2) is 0 Å². The van der Waals surface area contributed by atoms with Crippen molar-refractivity contribution in [3.05, 3.63) is 59.7 Å². The van der Waals surface area contributed by atoms with Gasteiger partial charge in [0.2, 0.25) is 0 Å². The Morgan fingerprint density at radius 1 is 1.00 bits per heavy atom. The van der Waals surface area contributed by atoms with Gasteiger partial charge in [0.05, 0.1) is 0 Å². The van der Waals surface area contributed by atoms with Crippen LogP contribution in [0, 0.1) is 6.92 Å². The van der Waals surface area contributed by atoms with E-state index in [-0.39, 0.29) is 0 Å². The summed E-state index contributed by atoms with van der Waals surface area (Å²) >= 11 is 0. The van der Waals surface area contributed by atoms with Crippen LogP contribution in [-0.4, -0.2) is 0 Å². The SMILES string of the molecule is C/C=C/C(/C=C/C)c1ccccc1C. The molecule has 1 rings (SSSR count). The Balaban J connectivity index is 3.04. The summed E-state index contributed by atoms with van der Waals surface area (Å²) in [5, 5.41) is 0. The lowest BCUT2D eigenvalue weighted by molar-refractivity contribution is 1.05. The molecule has 0 fully saturated rings. The standard InChI is InChI=1S/C14H18/c1-4-8-13(9-5-2)14-11-7-6-10-12(14)3/h4-11,13H,1-3H3/b8-4+,9-5+. The van der Waals surface area contributed by atoms with Crippen LogP contribution in [-0.2, 0) is 0 Å². The highest BCUT2D eigenvalue weighted by atomic mass is 14.1. The van der Waals surface area contributed by atoms with E-state index in [1.165, 1.54) is 11.1 Å². The first-order valence-corrected chi connectivity index (χ1v) is 5.10. The molecule has 0 amide bonds. The molecular formula is C14H18. The number of benzene rings is 1. The summed E-state index contributed by atoms with van der Waals surface area (Å²) in [5.41, 5.74) is 2.75. The van der Waals surface area contributed by atoms with Gasteiger partial charge in [-0.25, -0.2) is 0 Å². The Morgan fingerprint density at radius 3 is 2.07 bits per heavy atom. The number of allylic oxidation sites excluding steroid dienone is 4. The van der Waals surface area contributed by atoms with E-state index in [9.17, 15) is 0 Å². The van der Waals surface area contributed by atoms with Crippen LogP contribution in [0.5, 0.6) is 0 Å². The molecule has 0 unspecified atom stereocenters. The molecular weight excluding hydrogens is 168 g/mol. The summed E-state index contributed by atoms with van der Waals surface area (Å²) in [4.78, 5) is 0. The van der Waals surface area contributed by atoms with Crippen LogP contribution in [0.2, 0.25) is 0 Å². The highest BCUT2D eigenvalue weighted by molar-refractivity contribution is 5.35. The first kappa shape index (κ1) is 10.8. The maximum Gasteiger partial charge on any atom is 0.0201 e. The second-order valence-electron chi connectivity index (χ2n) is 3.43. The third-order valence-corrected chi connectivity index (χ3v) is 2.35. The molecule has 0 aliphatic carbocycles. The van der Waals surface area contributed by atoms with Crippen LogP contribution in [0.4, 0.5) is 0 Å². The first-order valence-electron chi connectivity index (χ1n) is 5.10. The second-order valence-corrected chi connectivity index (χ2v) is 3.43. The third kappa shape index (κ3) is 2.59. The summed E-state index contributed by atoms with van der Waals surface area (Å²) in [6.07, 6.45) is 8.67. The van der Waals surface area contributed by atoms with Crippen molar-refractivity contribution in [3.8, 4) is 0 Å². The largest absolute Gasteiger partial charge is 0.0907 e. The lowest BCUT2D eigenvalue weighted by Crippen LogP contribution is -1.93. The van der Waals surface area contributed by atoms with Crippen molar-refractivity contribution in [1.29, 1.82) is 0 Å². The van der Waals surface area contributed by atoms with Gasteiger partial charge in [0.25, 0.3) is 0 Å². The smallest absolute Gasteiger partial charge is 0.0201 e. The molecule has 0 bridgehead atoms. The first-order chi connectivity index (χ1) is 6.79. The van der Waals surface area contributed by atoms with Crippen LogP contribution in [0.1, 0.15) is 30.9 Å². The summed E-state index contributed by atoms with van der Waals surface area (Å²) in [6.45, 7) is 6.29. The van der Waals surface area contributed by atoms with Gasteiger partial charge < -0.3 is 0 Å². The topological polar surface area (TPSA) is 0 Å². The molecule has 0 nitrogen and oxygen atoms in total. The van der Waals surface area contributed by atoms with Crippen molar-refractivity contribution >= 4 is 0 Å². The molecule has 14 heavy (non-hydrogen) atoms. The normalized spacial score (nSPS) is 12.0. The summed E-state index contributed by atoms with van der Waals surface area (Å²) in [5.74, 6) is 0.422. The highest BCUT2D eigenvalue weighted by Crippen LogP contribution is 2.22. The van der Waals surface area contributed by atoms with Gasteiger partial charge in [-0.05, 0) is 31.9 Å². The Labute approximate surface area is 87.0 Å². The number of hydrogen-bond donors (Lipinski definition) is 0. The number of aryl methyl sites for hydroxylation is 1. The molecule has 0 N–H and O–H groups in total. The Kier molecular flexibility index (Phi) is 4.18. The quantitative estimate of drug-likeness (QED) is 0.620. The molecule has 1 aromatic carbocycles. The average Bonchev–Trinajstić information content (AvgIpc) is 2.18. The molecule has 0 saturated carbocycles. The van der Waals surface area contributed by atoms with Crippen molar-refractivity contribution in [2.45, 2.75) is 26.7 Å². The molecule has 0 aliphatic heterocycles. The monoisotopic (exact) mass is 186 g/mol. The van der Waals surface area contributed by atoms with E-state index in [4.69, 9.17) is 0 Å². The molecule has 0 heterocycles. The molecule has 1 aromatic rings. The molecule has 0 aromatic heterocycles. The van der Waals surface area contributed by atoms with Gasteiger partial charge in [-0.3, -0.25) is 0 Å². The van der Waals surface area contributed by atoms with Gasteiger partial charge in [-0.1, -0.05) is 48.6 Å². The van der Waals surface area contributed by atoms with Crippen molar-refractivity contribution in [2.24, 2.45) is 0 Å². The van der Waals surface area contributed by atoms with Gasteiger partial charge >= 0.3 is 0 Å². The van der Waals surface area contributed by atoms with E-state index in [1.54, 1.807) is 0 Å². The van der Waals surface area contributed by atoms with Gasteiger partial charge in [0.1, 0.15) is 0 Å². The van der Waals surface area contributed by atoms with Crippen molar-refractivity contribution in [3.63, 3.8) is 0 Å². The molecule has 0 aliphatic rings. The van der Waals surface area contributed by atoms with Crippen LogP contribution >= 0.6 is 0 Å². The lowest BCUT2D eigenvalue weighted by atomic mass is 9.94. The second kappa shape index (κ2) is 5.43. The summed E-state index contributed by atoms with van der Waals surface area (Å²) in [7, 11) is 0. The van der Waals surface area contributed by atoms with E-state index < -0.39 is 0 Å². The van der Waals surface area contributed by atoms with Gasteiger partial charge in [-0.2, -0.15) is 0 Å². The summed E-state index contributed by atoms with van der Waals surface area (Å²) in [6, 6.07) is 8.54. The minimum atomic E-state index is 0.422. The zero-order valence-corrected chi connectivity index (χ0v) is 9.20. The molecule has 74 valence electrons. The maximum absolute atomic E-state index is 2.22.